The third-order valence-electron chi connectivity index (χ3n) is 3.88. The normalized spacial score (nSPS) is 19.3. The van der Waals surface area contributed by atoms with Crippen LogP contribution in [-0.2, 0) is 15.5 Å². The molecule has 0 aliphatic carbocycles. The first-order valence-corrected chi connectivity index (χ1v) is 9.42. The Morgan fingerprint density at radius 3 is 2.67 bits per heavy atom. The molecule has 0 saturated carbocycles. The lowest BCUT2D eigenvalue weighted by molar-refractivity contribution is 0.101. The maximum absolute atomic E-state index is 13.2. The standard InChI is InChI=1S/C18H19N3O2S/c1-3-21(2)13-19-15-9-10-17-16(11-15)18(22)20-24(17,23)12-14-7-5-4-6-8-14/h4-11,13H,3,12H2,1-2H3/b19-13-. The summed E-state index contributed by atoms with van der Waals surface area (Å²) in [5.41, 5.74) is 1.95. The van der Waals surface area contributed by atoms with Crippen LogP contribution in [0.4, 0.5) is 5.69 Å². The maximum atomic E-state index is 13.2. The van der Waals surface area contributed by atoms with Gasteiger partial charge in [0.05, 0.1) is 38.0 Å². The first kappa shape index (κ1) is 16.4. The summed E-state index contributed by atoms with van der Waals surface area (Å²) < 4.78 is 17.1. The predicted octanol–water partition coefficient (Wildman–Crippen LogP) is 3.48. The van der Waals surface area contributed by atoms with E-state index in [1.54, 1.807) is 24.5 Å². The van der Waals surface area contributed by atoms with Crippen molar-refractivity contribution in [1.29, 1.82) is 0 Å². The molecule has 3 rings (SSSR count). The third kappa shape index (κ3) is 3.23. The maximum Gasteiger partial charge on any atom is 0.286 e. The van der Waals surface area contributed by atoms with Crippen molar-refractivity contribution >= 4 is 27.7 Å². The van der Waals surface area contributed by atoms with Crippen LogP contribution in [0.2, 0.25) is 0 Å². The van der Waals surface area contributed by atoms with Crippen LogP contribution in [0.25, 0.3) is 0 Å². The van der Waals surface area contributed by atoms with Crippen LogP contribution in [0.5, 0.6) is 0 Å². The van der Waals surface area contributed by atoms with Gasteiger partial charge in [-0.15, -0.1) is 0 Å². The number of nitrogens with zero attached hydrogens (tertiary/aromatic N) is 3. The molecular formula is C18H19N3O2S. The number of carbonyl (C=O) groups excluding carboxylic acids is 1. The molecule has 1 amide bonds. The number of amides is 1. The number of hydrogen-bond donors (Lipinski definition) is 0. The van der Waals surface area contributed by atoms with Crippen LogP contribution in [0, 0.1) is 0 Å². The molecule has 0 radical (unpaired) electrons. The molecule has 1 aliphatic heterocycles. The van der Waals surface area contributed by atoms with Crippen LogP contribution in [0.15, 0.2) is 62.8 Å². The fourth-order valence-electron chi connectivity index (χ4n) is 2.43. The van der Waals surface area contributed by atoms with Crippen molar-refractivity contribution in [2.75, 3.05) is 13.6 Å². The smallest absolute Gasteiger partial charge is 0.286 e. The molecule has 2 aromatic carbocycles. The number of hydrogen-bond acceptors (Lipinski definition) is 3. The van der Waals surface area contributed by atoms with Crippen molar-refractivity contribution in [3.63, 3.8) is 0 Å². The van der Waals surface area contributed by atoms with E-state index in [-0.39, 0.29) is 5.75 Å². The lowest BCUT2D eigenvalue weighted by Gasteiger charge is -2.09. The molecule has 6 heteroatoms. The van der Waals surface area contributed by atoms with Gasteiger partial charge in [-0.05, 0) is 30.7 Å². The van der Waals surface area contributed by atoms with E-state index in [4.69, 9.17) is 0 Å². The second kappa shape index (κ2) is 6.57. The van der Waals surface area contributed by atoms with Crippen molar-refractivity contribution in [2.45, 2.75) is 17.6 Å². The summed E-state index contributed by atoms with van der Waals surface area (Å²) in [7, 11) is -0.834. The van der Waals surface area contributed by atoms with E-state index in [0.717, 1.165) is 12.1 Å². The fraction of sp³-hybridized carbons (Fsp3) is 0.222. The van der Waals surface area contributed by atoms with E-state index in [2.05, 4.69) is 9.36 Å². The number of aliphatic imine (C=N–C) groups is 1. The second-order valence-corrected chi connectivity index (χ2v) is 7.86. The molecule has 1 unspecified atom stereocenters. The van der Waals surface area contributed by atoms with Gasteiger partial charge >= 0.3 is 0 Å². The average molecular weight is 341 g/mol. The predicted molar refractivity (Wildman–Crippen MR) is 96.2 cm³/mol. The highest BCUT2D eigenvalue weighted by atomic mass is 32.2. The van der Waals surface area contributed by atoms with Crippen LogP contribution < -0.4 is 0 Å². The Kier molecular flexibility index (Phi) is 4.49. The summed E-state index contributed by atoms with van der Waals surface area (Å²) >= 11 is 0. The number of carbonyl (C=O) groups is 1. The van der Waals surface area contributed by atoms with Gasteiger partial charge in [0.2, 0.25) is 0 Å². The van der Waals surface area contributed by atoms with E-state index in [1.807, 2.05) is 49.2 Å². The number of benzene rings is 2. The first-order chi connectivity index (χ1) is 11.5. The van der Waals surface area contributed by atoms with E-state index < -0.39 is 15.6 Å². The minimum atomic E-state index is -2.75. The summed E-state index contributed by atoms with van der Waals surface area (Å²) in [5, 5.41) is 0. The Morgan fingerprint density at radius 1 is 1.21 bits per heavy atom. The lowest BCUT2D eigenvalue weighted by Crippen LogP contribution is -2.14. The zero-order valence-corrected chi connectivity index (χ0v) is 14.5. The monoisotopic (exact) mass is 341 g/mol. The molecule has 1 aliphatic rings. The SMILES string of the molecule is CCN(C)/C=N\c1ccc2c(c1)C(=O)N=S2(=O)Cc1ccccc1. The summed E-state index contributed by atoms with van der Waals surface area (Å²) in [6.45, 7) is 2.86. The van der Waals surface area contributed by atoms with Crippen LogP contribution in [0.3, 0.4) is 0 Å². The molecule has 0 aromatic heterocycles. The zero-order valence-electron chi connectivity index (χ0n) is 13.7. The van der Waals surface area contributed by atoms with E-state index in [0.29, 0.717) is 16.1 Å². The third-order valence-corrected chi connectivity index (χ3v) is 6.10. The van der Waals surface area contributed by atoms with Gasteiger partial charge in [0, 0.05) is 13.6 Å². The molecule has 0 spiro atoms. The van der Waals surface area contributed by atoms with Gasteiger partial charge in [0.15, 0.2) is 0 Å². The van der Waals surface area contributed by atoms with Crippen molar-refractivity contribution in [3.8, 4) is 0 Å². The van der Waals surface area contributed by atoms with E-state index >= 15 is 0 Å². The second-order valence-electron chi connectivity index (χ2n) is 5.67. The Labute approximate surface area is 142 Å². The summed E-state index contributed by atoms with van der Waals surface area (Å²) in [5.74, 6) is -0.180. The summed E-state index contributed by atoms with van der Waals surface area (Å²) in [6, 6.07) is 14.6. The van der Waals surface area contributed by atoms with Crippen molar-refractivity contribution in [1.82, 2.24) is 4.90 Å². The van der Waals surface area contributed by atoms with Gasteiger partial charge < -0.3 is 4.90 Å². The molecular weight excluding hydrogens is 322 g/mol. The lowest BCUT2D eigenvalue weighted by atomic mass is 10.2. The van der Waals surface area contributed by atoms with Crippen LogP contribution >= 0.6 is 0 Å². The van der Waals surface area contributed by atoms with Gasteiger partial charge in [-0.2, -0.15) is 4.36 Å². The van der Waals surface area contributed by atoms with Crippen molar-refractivity contribution in [2.24, 2.45) is 9.36 Å². The van der Waals surface area contributed by atoms with Crippen molar-refractivity contribution < 1.29 is 9.00 Å². The highest BCUT2D eigenvalue weighted by Crippen LogP contribution is 2.32. The molecule has 1 heterocycles. The summed E-state index contributed by atoms with van der Waals surface area (Å²) in [4.78, 5) is 19.0. The molecule has 0 N–H and O–H groups in total. The minimum Gasteiger partial charge on any atom is -0.366 e. The Hall–Kier alpha value is -2.47. The zero-order chi connectivity index (χ0) is 17.2. The molecule has 24 heavy (non-hydrogen) atoms. The first-order valence-electron chi connectivity index (χ1n) is 7.73. The number of rotatable bonds is 5. The molecule has 124 valence electrons. The van der Waals surface area contributed by atoms with Gasteiger partial charge in [0.25, 0.3) is 5.91 Å². The molecule has 0 bridgehead atoms. The Bertz CT molecular complexity index is 913. The highest BCUT2D eigenvalue weighted by Gasteiger charge is 2.29. The highest BCUT2D eigenvalue weighted by molar-refractivity contribution is 7.93. The summed E-state index contributed by atoms with van der Waals surface area (Å²) in [6.07, 6.45) is 1.71. The molecule has 0 fully saturated rings. The van der Waals surface area contributed by atoms with Gasteiger partial charge in [-0.25, -0.2) is 9.20 Å². The molecule has 0 saturated heterocycles. The van der Waals surface area contributed by atoms with Crippen LogP contribution in [0.1, 0.15) is 22.8 Å². The molecule has 5 nitrogen and oxygen atoms in total. The number of fused-ring (bicyclic) bond motifs is 1. The minimum absolute atomic E-state index is 0.244. The van der Waals surface area contributed by atoms with Gasteiger partial charge in [0.1, 0.15) is 0 Å². The van der Waals surface area contributed by atoms with Gasteiger partial charge in [-0.3, -0.25) is 4.79 Å². The fourth-order valence-corrected chi connectivity index (χ4v) is 4.53. The quantitative estimate of drug-likeness (QED) is 0.618. The largest absolute Gasteiger partial charge is 0.366 e. The van der Waals surface area contributed by atoms with E-state index in [9.17, 15) is 9.00 Å². The molecule has 1 atom stereocenters. The molecule has 2 aromatic rings. The van der Waals surface area contributed by atoms with Crippen molar-refractivity contribution in [3.05, 3.63) is 59.7 Å². The van der Waals surface area contributed by atoms with E-state index in [1.165, 1.54) is 0 Å². The van der Waals surface area contributed by atoms with Gasteiger partial charge in [-0.1, -0.05) is 30.3 Å². The topological polar surface area (TPSA) is 62.1 Å². The Morgan fingerprint density at radius 2 is 1.96 bits per heavy atom. The Balaban J connectivity index is 1.94. The average Bonchev–Trinajstić information content (AvgIpc) is 2.83. The van der Waals surface area contributed by atoms with Crippen LogP contribution in [-0.4, -0.2) is 34.9 Å².